The summed E-state index contributed by atoms with van der Waals surface area (Å²) in [4.78, 5) is 11.0. The zero-order valence-electron chi connectivity index (χ0n) is 8.28. The van der Waals surface area contributed by atoms with Crippen molar-refractivity contribution < 1.29 is 14.6 Å². The molecule has 1 N–H and O–H groups in total. The Morgan fingerprint density at radius 2 is 2.23 bits per heavy atom. The highest BCUT2D eigenvalue weighted by molar-refractivity contribution is 5.90. The van der Waals surface area contributed by atoms with Crippen LogP contribution in [0, 0.1) is 0 Å². The Kier molecular flexibility index (Phi) is 5.89. The van der Waals surface area contributed by atoms with E-state index >= 15 is 0 Å². The molecule has 3 nitrogen and oxygen atoms in total. The van der Waals surface area contributed by atoms with E-state index in [2.05, 4.69) is 0 Å². The average Bonchev–Trinajstić information content (AvgIpc) is 2.02. The first kappa shape index (κ1) is 11.9. The number of ether oxygens (including phenoxy) is 1. The van der Waals surface area contributed by atoms with E-state index in [0.29, 0.717) is 0 Å². The number of hydrogen-bond donors (Lipinski definition) is 1. The quantitative estimate of drug-likeness (QED) is 0.399. The van der Waals surface area contributed by atoms with E-state index in [-0.39, 0.29) is 12.2 Å². The monoisotopic (exact) mass is 184 g/mol. The molecule has 0 saturated heterocycles. The minimum atomic E-state index is -0.579. The van der Waals surface area contributed by atoms with Crippen LogP contribution in [-0.2, 0) is 9.53 Å². The predicted octanol–water partition coefficient (Wildman–Crippen LogP) is 1.43. The Labute approximate surface area is 78.7 Å². The number of ketones is 1. The maximum Gasteiger partial charge on any atom is 0.158 e. The van der Waals surface area contributed by atoms with E-state index in [1.807, 2.05) is 0 Å². The molecule has 0 fully saturated rings. The van der Waals surface area contributed by atoms with Gasteiger partial charge in [-0.3, -0.25) is 4.79 Å². The molecule has 0 aliphatic carbocycles. The molecule has 13 heavy (non-hydrogen) atoms. The van der Waals surface area contributed by atoms with Crippen LogP contribution >= 0.6 is 0 Å². The maximum absolute atomic E-state index is 11.0. The van der Waals surface area contributed by atoms with Crippen LogP contribution in [-0.4, -0.2) is 24.1 Å². The van der Waals surface area contributed by atoms with Crippen LogP contribution in [0.2, 0.25) is 0 Å². The minimum Gasteiger partial charge on any atom is -0.501 e. The Bertz CT molecular complexity index is 214. The van der Waals surface area contributed by atoms with Gasteiger partial charge < -0.3 is 9.84 Å². The third-order valence-electron chi connectivity index (χ3n) is 1.43. The van der Waals surface area contributed by atoms with Crippen molar-refractivity contribution >= 4 is 5.78 Å². The Balaban J connectivity index is 3.91. The molecular weight excluding hydrogens is 168 g/mol. The Hall–Kier alpha value is -1.09. The van der Waals surface area contributed by atoms with Crippen LogP contribution < -0.4 is 0 Å². The lowest BCUT2D eigenvalue weighted by Crippen LogP contribution is -2.06. The van der Waals surface area contributed by atoms with Crippen LogP contribution in [0.5, 0.6) is 0 Å². The summed E-state index contributed by atoms with van der Waals surface area (Å²) in [5, 5.41) is 8.88. The van der Waals surface area contributed by atoms with Crippen molar-refractivity contribution in [2.75, 3.05) is 7.11 Å². The number of aliphatic hydroxyl groups is 1. The van der Waals surface area contributed by atoms with Crippen LogP contribution in [0.4, 0.5) is 0 Å². The third-order valence-corrected chi connectivity index (χ3v) is 1.43. The highest BCUT2D eigenvalue weighted by Crippen LogP contribution is 1.95. The van der Waals surface area contributed by atoms with E-state index in [9.17, 15) is 4.79 Å². The molecule has 0 aromatic heterocycles. The number of rotatable bonds is 5. The molecule has 0 aromatic carbocycles. The molecular formula is C10H16O3. The first-order valence-electron chi connectivity index (χ1n) is 4.16. The molecule has 74 valence electrons. The van der Waals surface area contributed by atoms with Crippen LogP contribution in [0.25, 0.3) is 0 Å². The van der Waals surface area contributed by atoms with Gasteiger partial charge in [0.1, 0.15) is 0 Å². The molecule has 0 spiro atoms. The summed E-state index contributed by atoms with van der Waals surface area (Å²) >= 11 is 0. The number of carbonyl (C=O) groups is 1. The van der Waals surface area contributed by atoms with Crippen molar-refractivity contribution in [1.29, 1.82) is 0 Å². The number of hydrogen-bond acceptors (Lipinski definition) is 3. The molecule has 1 unspecified atom stereocenters. The second kappa shape index (κ2) is 6.43. The molecule has 0 saturated carbocycles. The molecule has 0 radical (unpaired) electrons. The highest BCUT2D eigenvalue weighted by Gasteiger charge is 2.00. The summed E-state index contributed by atoms with van der Waals surface area (Å²) in [5.74, 6) is 0.649. The largest absolute Gasteiger partial charge is 0.501 e. The fourth-order valence-corrected chi connectivity index (χ4v) is 0.718. The lowest BCUT2D eigenvalue weighted by molar-refractivity contribution is -0.116. The number of allylic oxidation sites excluding steroid dienone is 4. The van der Waals surface area contributed by atoms with Crippen molar-refractivity contribution in [1.82, 2.24) is 0 Å². The molecule has 3 heteroatoms. The lowest BCUT2D eigenvalue weighted by Gasteiger charge is -1.97. The van der Waals surface area contributed by atoms with Gasteiger partial charge in [-0.05, 0) is 26.0 Å². The van der Waals surface area contributed by atoms with E-state index in [1.54, 1.807) is 33.1 Å². The van der Waals surface area contributed by atoms with Gasteiger partial charge in [0.25, 0.3) is 0 Å². The van der Waals surface area contributed by atoms with Gasteiger partial charge in [-0.25, -0.2) is 0 Å². The third kappa shape index (κ3) is 7.28. The Morgan fingerprint density at radius 1 is 1.62 bits per heavy atom. The van der Waals surface area contributed by atoms with Gasteiger partial charge in [0.05, 0.1) is 19.0 Å². The average molecular weight is 184 g/mol. The van der Waals surface area contributed by atoms with E-state index in [0.717, 1.165) is 5.76 Å². The topological polar surface area (TPSA) is 46.5 Å². The van der Waals surface area contributed by atoms with Crippen molar-refractivity contribution in [3.05, 3.63) is 24.0 Å². The number of carbonyl (C=O) groups excluding carboxylic acids is 1. The van der Waals surface area contributed by atoms with E-state index in [1.165, 1.54) is 6.08 Å². The second-order valence-electron chi connectivity index (χ2n) is 2.86. The molecule has 0 bridgehead atoms. The summed E-state index contributed by atoms with van der Waals surface area (Å²) < 4.78 is 4.86. The normalized spacial score (nSPS) is 14.6. The second-order valence-corrected chi connectivity index (χ2v) is 2.86. The smallest absolute Gasteiger partial charge is 0.158 e. The molecule has 0 heterocycles. The summed E-state index contributed by atoms with van der Waals surface area (Å²) in [7, 11) is 1.57. The fraction of sp³-hybridized carbons (Fsp3) is 0.500. The van der Waals surface area contributed by atoms with Crippen molar-refractivity contribution in [2.45, 2.75) is 26.4 Å². The van der Waals surface area contributed by atoms with Crippen molar-refractivity contribution in [2.24, 2.45) is 0 Å². The summed E-state index contributed by atoms with van der Waals surface area (Å²) in [6.07, 6.45) is 4.32. The zero-order valence-corrected chi connectivity index (χ0v) is 8.28. The van der Waals surface area contributed by atoms with Crippen LogP contribution in [0.3, 0.4) is 0 Å². The van der Waals surface area contributed by atoms with Crippen molar-refractivity contribution in [3.8, 4) is 0 Å². The minimum absolute atomic E-state index is 0.0878. The van der Waals surface area contributed by atoms with Gasteiger partial charge >= 0.3 is 0 Å². The number of methoxy groups -OCH3 is 1. The molecule has 1 atom stereocenters. The van der Waals surface area contributed by atoms with Gasteiger partial charge in [-0.15, -0.1) is 0 Å². The summed E-state index contributed by atoms with van der Waals surface area (Å²) in [5.41, 5.74) is 0. The first-order chi connectivity index (χ1) is 6.06. The molecule has 0 aliphatic heterocycles. The zero-order chi connectivity index (χ0) is 10.3. The molecule has 0 rings (SSSR count). The molecule has 0 aliphatic rings. The fourth-order valence-electron chi connectivity index (χ4n) is 0.718. The van der Waals surface area contributed by atoms with Crippen LogP contribution in [0.15, 0.2) is 24.0 Å². The first-order valence-corrected chi connectivity index (χ1v) is 4.16. The lowest BCUT2D eigenvalue weighted by atomic mass is 10.2. The summed E-state index contributed by atoms with van der Waals surface area (Å²) in [6.45, 7) is 3.38. The van der Waals surface area contributed by atoms with E-state index < -0.39 is 6.10 Å². The molecule has 0 aromatic rings. The van der Waals surface area contributed by atoms with Gasteiger partial charge in [0.15, 0.2) is 5.78 Å². The predicted molar refractivity (Wildman–Crippen MR) is 51.2 cm³/mol. The Morgan fingerprint density at radius 3 is 2.69 bits per heavy atom. The van der Waals surface area contributed by atoms with Crippen molar-refractivity contribution in [3.63, 3.8) is 0 Å². The highest BCUT2D eigenvalue weighted by atomic mass is 16.5. The van der Waals surface area contributed by atoms with Gasteiger partial charge in [-0.2, -0.15) is 0 Å². The van der Waals surface area contributed by atoms with Gasteiger partial charge in [0.2, 0.25) is 0 Å². The summed E-state index contributed by atoms with van der Waals surface area (Å²) in [6, 6.07) is 0. The SMILES string of the molecule is COC(C)=CC=CC(=O)CC(C)O. The number of aliphatic hydroxyl groups excluding tert-OH is 1. The maximum atomic E-state index is 11.0. The van der Waals surface area contributed by atoms with Gasteiger partial charge in [-0.1, -0.05) is 6.08 Å². The van der Waals surface area contributed by atoms with Gasteiger partial charge in [0, 0.05) is 6.42 Å². The van der Waals surface area contributed by atoms with E-state index in [4.69, 9.17) is 9.84 Å². The standard InChI is InChI=1S/C10H16O3/c1-8(11)7-10(12)6-4-5-9(2)13-3/h4-6,8,11H,7H2,1-3H3. The van der Waals surface area contributed by atoms with Crippen LogP contribution in [0.1, 0.15) is 20.3 Å². The molecule has 0 amide bonds.